The van der Waals surface area contributed by atoms with Crippen molar-refractivity contribution in [3.63, 3.8) is 0 Å². The smallest absolute Gasteiger partial charge is 0.183 e. The van der Waals surface area contributed by atoms with Gasteiger partial charge in [-0.3, -0.25) is 5.43 Å². The summed E-state index contributed by atoms with van der Waals surface area (Å²) >= 11 is 0. The second kappa shape index (κ2) is 6.24. The molecule has 0 bridgehead atoms. The highest BCUT2D eigenvalue weighted by Crippen LogP contribution is 2.27. The quantitative estimate of drug-likeness (QED) is 0.902. The lowest BCUT2D eigenvalue weighted by atomic mass is 10.00. The molecule has 1 aromatic rings. The van der Waals surface area contributed by atoms with Gasteiger partial charge in [0.25, 0.3) is 0 Å². The van der Waals surface area contributed by atoms with E-state index in [1.54, 1.807) is 6.20 Å². The maximum atomic E-state index is 5.81. The van der Waals surface area contributed by atoms with Gasteiger partial charge in [-0.15, -0.1) is 0 Å². The number of rotatable bonds is 4. The summed E-state index contributed by atoms with van der Waals surface area (Å²) in [4.78, 5) is 4.42. The standard InChI is InChI=1S/C15H25N3O/c1-11(2)19-14-9-6-10-16-15(14)17-18-12(3)7-5-8-13(18)4/h6,9-13H,5,7-8H2,1-4H3,(H,16,17). The Morgan fingerprint density at radius 1 is 1.32 bits per heavy atom. The lowest BCUT2D eigenvalue weighted by molar-refractivity contribution is 0.134. The Balaban J connectivity index is 2.13. The number of ether oxygens (including phenoxy) is 1. The minimum atomic E-state index is 0.154. The number of nitrogens with one attached hydrogen (secondary N) is 1. The molecular weight excluding hydrogens is 238 g/mol. The average molecular weight is 263 g/mol. The summed E-state index contributed by atoms with van der Waals surface area (Å²) in [5.41, 5.74) is 3.45. The summed E-state index contributed by atoms with van der Waals surface area (Å²) in [5.74, 6) is 1.64. The van der Waals surface area contributed by atoms with Crippen LogP contribution in [0.4, 0.5) is 5.82 Å². The van der Waals surface area contributed by atoms with Crippen LogP contribution < -0.4 is 10.2 Å². The number of pyridine rings is 1. The van der Waals surface area contributed by atoms with E-state index in [1.165, 1.54) is 19.3 Å². The zero-order valence-corrected chi connectivity index (χ0v) is 12.4. The van der Waals surface area contributed by atoms with Crippen molar-refractivity contribution in [2.75, 3.05) is 5.43 Å². The minimum Gasteiger partial charge on any atom is -0.487 e. The molecule has 0 amide bonds. The maximum absolute atomic E-state index is 5.81. The highest BCUT2D eigenvalue weighted by Gasteiger charge is 2.25. The van der Waals surface area contributed by atoms with Crippen molar-refractivity contribution in [3.8, 4) is 5.75 Å². The van der Waals surface area contributed by atoms with E-state index < -0.39 is 0 Å². The first-order valence-corrected chi connectivity index (χ1v) is 7.24. The van der Waals surface area contributed by atoms with E-state index in [9.17, 15) is 0 Å². The van der Waals surface area contributed by atoms with E-state index in [0.29, 0.717) is 12.1 Å². The SMILES string of the molecule is CC(C)Oc1cccnc1NN1C(C)CCCC1C. The molecule has 2 rings (SSSR count). The first-order valence-electron chi connectivity index (χ1n) is 7.24. The van der Waals surface area contributed by atoms with Crippen LogP contribution in [0.1, 0.15) is 47.0 Å². The van der Waals surface area contributed by atoms with E-state index in [2.05, 4.69) is 29.3 Å². The molecule has 1 saturated heterocycles. The van der Waals surface area contributed by atoms with E-state index in [1.807, 2.05) is 26.0 Å². The molecular formula is C15H25N3O. The van der Waals surface area contributed by atoms with E-state index in [4.69, 9.17) is 4.74 Å². The molecule has 1 aliphatic rings. The largest absolute Gasteiger partial charge is 0.487 e. The number of nitrogens with zero attached hydrogens (tertiary/aromatic N) is 2. The first kappa shape index (κ1) is 14.1. The number of hydrogen-bond donors (Lipinski definition) is 1. The fourth-order valence-electron chi connectivity index (χ4n) is 2.59. The highest BCUT2D eigenvalue weighted by molar-refractivity contribution is 5.49. The molecule has 0 radical (unpaired) electrons. The number of anilines is 1. The Hall–Kier alpha value is -1.29. The van der Waals surface area contributed by atoms with Gasteiger partial charge >= 0.3 is 0 Å². The van der Waals surface area contributed by atoms with Crippen molar-refractivity contribution in [1.82, 2.24) is 9.99 Å². The molecule has 0 saturated carbocycles. The highest BCUT2D eigenvalue weighted by atomic mass is 16.5. The molecule has 2 unspecified atom stereocenters. The van der Waals surface area contributed by atoms with Crippen LogP contribution in [0, 0.1) is 0 Å². The molecule has 4 nitrogen and oxygen atoms in total. The van der Waals surface area contributed by atoms with Crippen LogP contribution in [0.15, 0.2) is 18.3 Å². The van der Waals surface area contributed by atoms with Crippen LogP contribution >= 0.6 is 0 Å². The van der Waals surface area contributed by atoms with Gasteiger partial charge in [0.15, 0.2) is 11.6 Å². The van der Waals surface area contributed by atoms with Crippen LogP contribution in [0.2, 0.25) is 0 Å². The first-order chi connectivity index (χ1) is 9.08. The molecule has 106 valence electrons. The van der Waals surface area contributed by atoms with Gasteiger partial charge in [-0.05, 0) is 52.7 Å². The summed E-state index contributed by atoms with van der Waals surface area (Å²) in [6.45, 7) is 8.58. The Bertz CT molecular complexity index is 398. The zero-order chi connectivity index (χ0) is 13.8. The number of piperidine rings is 1. The molecule has 2 atom stereocenters. The van der Waals surface area contributed by atoms with Crippen molar-refractivity contribution < 1.29 is 4.74 Å². The molecule has 2 heterocycles. The third kappa shape index (κ3) is 3.60. The van der Waals surface area contributed by atoms with Crippen molar-refractivity contribution in [3.05, 3.63) is 18.3 Å². The predicted octanol–water partition coefficient (Wildman–Crippen LogP) is 3.46. The zero-order valence-electron chi connectivity index (χ0n) is 12.4. The third-order valence-electron chi connectivity index (χ3n) is 3.56. The van der Waals surface area contributed by atoms with E-state index in [0.717, 1.165) is 11.6 Å². The third-order valence-corrected chi connectivity index (χ3v) is 3.56. The second-order valence-electron chi connectivity index (χ2n) is 5.66. The molecule has 1 N–H and O–H groups in total. The summed E-state index contributed by atoms with van der Waals surface area (Å²) in [6.07, 6.45) is 5.71. The van der Waals surface area contributed by atoms with Crippen LogP contribution in [0.3, 0.4) is 0 Å². The molecule has 0 aliphatic carbocycles. The number of aromatic nitrogens is 1. The topological polar surface area (TPSA) is 37.4 Å². The van der Waals surface area contributed by atoms with Crippen molar-refractivity contribution in [2.24, 2.45) is 0 Å². The molecule has 1 aromatic heterocycles. The number of hydrogen-bond acceptors (Lipinski definition) is 4. The molecule has 0 aromatic carbocycles. The normalized spacial score (nSPS) is 24.5. The second-order valence-corrected chi connectivity index (χ2v) is 5.66. The van der Waals surface area contributed by atoms with E-state index >= 15 is 0 Å². The van der Waals surface area contributed by atoms with Crippen molar-refractivity contribution >= 4 is 5.82 Å². The van der Waals surface area contributed by atoms with E-state index in [-0.39, 0.29) is 6.10 Å². The van der Waals surface area contributed by atoms with Crippen LogP contribution in [0.5, 0.6) is 5.75 Å². The van der Waals surface area contributed by atoms with Gasteiger partial charge in [0.2, 0.25) is 0 Å². The summed E-state index contributed by atoms with van der Waals surface area (Å²) in [5, 5.41) is 2.30. The fraction of sp³-hybridized carbons (Fsp3) is 0.667. The molecule has 1 fully saturated rings. The van der Waals surface area contributed by atoms with Gasteiger partial charge < -0.3 is 4.74 Å². The van der Waals surface area contributed by atoms with Crippen molar-refractivity contribution in [1.29, 1.82) is 0 Å². The molecule has 0 spiro atoms. The Morgan fingerprint density at radius 2 is 2.00 bits per heavy atom. The van der Waals surface area contributed by atoms with Crippen LogP contribution in [0.25, 0.3) is 0 Å². The number of hydrazine groups is 1. The minimum absolute atomic E-state index is 0.154. The lowest BCUT2D eigenvalue weighted by Gasteiger charge is -2.39. The molecule has 1 aliphatic heterocycles. The van der Waals surface area contributed by atoms with Gasteiger partial charge in [-0.1, -0.05) is 6.42 Å². The van der Waals surface area contributed by atoms with Crippen LogP contribution in [-0.4, -0.2) is 28.2 Å². The van der Waals surface area contributed by atoms with Gasteiger partial charge in [0.1, 0.15) is 0 Å². The Labute approximate surface area is 116 Å². The van der Waals surface area contributed by atoms with Gasteiger partial charge in [0.05, 0.1) is 6.10 Å². The van der Waals surface area contributed by atoms with Gasteiger partial charge in [-0.2, -0.15) is 0 Å². The fourth-order valence-corrected chi connectivity index (χ4v) is 2.59. The van der Waals surface area contributed by atoms with Crippen LogP contribution in [-0.2, 0) is 0 Å². The maximum Gasteiger partial charge on any atom is 0.183 e. The predicted molar refractivity (Wildman–Crippen MR) is 78.2 cm³/mol. The Kier molecular flexibility index (Phi) is 4.64. The van der Waals surface area contributed by atoms with Crippen molar-refractivity contribution in [2.45, 2.75) is 65.1 Å². The molecule has 19 heavy (non-hydrogen) atoms. The van der Waals surface area contributed by atoms with Gasteiger partial charge in [0, 0.05) is 18.3 Å². The lowest BCUT2D eigenvalue weighted by Crippen LogP contribution is -2.47. The Morgan fingerprint density at radius 3 is 2.63 bits per heavy atom. The van der Waals surface area contributed by atoms with Gasteiger partial charge in [-0.25, -0.2) is 9.99 Å². The monoisotopic (exact) mass is 263 g/mol. The average Bonchev–Trinajstić information content (AvgIpc) is 2.35. The summed E-state index contributed by atoms with van der Waals surface area (Å²) < 4.78 is 5.81. The molecule has 4 heteroatoms. The summed E-state index contributed by atoms with van der Waals surface area (Å²) in [7, 11) is 0. The summed E-state index contributed by atoms with van der Waals surface area (Å²) in [6, 6.07) is 4.93.